The minimum Gasteiger partial charge on any atom is -0.451 e. The van der Waals surface area contributed by atoms with Crippen molar-refractivity contribution in [1.29, 1.82) is 5.26 Å². The van der Waals surface area contributed by atoms with E-state index >= 15 is 0 Å². The van der Waals surface area contributed by atoms with Gasteiger partial charge in [0.05, 0.1) is 6.07 Å². The highest BCUT2D eigenvalue weighted by atomic mass is 16.5. The molecule has 3 rings (SSSR count). The molecule has 0 aromatic carbocycles. The van der Waals surface area contributed by atoms with Crippen LogP contribution in [0, 0.1) is 11.3 Å². The lowest BCUT2D eigenvalue weighted by Gasteiger charge is -2.39. The van der Waals surface area contributed by atoms with Gasteiger partial charge in [0.2, 0.25) is 0 Å². The van der Waals surface area contributed by atoms with Crippen LogP contribution in [0.15, 0.2) is 0 Å². The van der Waals surface area contributed by atoms with Gasteiger partial charge < -0.3 is 15.0 Å². The number of hydrogen-bond acceptors (Lipinski definition) is 6. The number of esters is 1. The van der Waals surface area contributed by atoms with Crippen molar-refractivity contribution in [2.24, 2.45) is 0 Å². The van der Waals surface area contributed by atoms with Crippen molar-refractivity contribution in [1.82, 2.24) is 15.1 Å². The summed E-state index contributed by atoms with van der Waals surface area (Å²) < 4.78 is 5.21. The fraction of sp³-hybridized carbons (Fsp3) is 0.750. The van der Waals surface area contributed by atoms with E-state index < -0.39 is 47.5 Å². The predicted molar refractivity (Wildman–Crippen MR) is 101 cm³/mol. The number of carbonyl (C=O) groups excluding carboxylic acids is 4. The largest absolute Gasteiger partial charge is 0.451 e. The predicted octanol–water partition coefficient (Wildman–Crippen LogP) is 1.47. The highest BCUT2D eigenvalue weighted by molar-refractivity contribution is 6.08. The highest BCUT2D eigenvalue weighted by Gasteiger charge is 2.53. The zero-order valence-corrected chi connectivity index (χ0v) is 17.0. The number of urea groups is 1. The van der Waals surface area contributed by atoms with Gasteiger partial charge >= 0.3 is 12.0 Å². The summed E-state index contributed by atoms with van der Waals surface area (Å²) in [4.78, 5) is 52.1. The molecule has 29 heavy (non-hydrogen) atoms. The van der Waals surface area contributed by atoms with Crippen molar-refractivity contribution >= 4 is 23.8 Å². The summed E-state index contributed by atoms with van der Waals surface area (Å²) in [5.74, 6) is -1.70. The molecule has 0 aromatic rings. The van der Waals surface area contributed by atoms with E-state index in [2.05, 4.69) is 11.4 Å². The van der Waals surface area contributed by atoms with E-state index in [0.29, 0.717) is 25.7 Å². The molecule has 2 saturated carbocycles. The topological polar surface area (TPSA) is 120 Å². The Kier molecular flexibility index (Phi) is 5.82. The Morgan fingerprint density at radius 3 is 2.34 bits per heavy atom. The molecule has 1 N–H and O–H groups in total. The maximum Gasteiger partial charge on any atom is 0.327 e. The molecule has 158 valence electrons. The highest BCUT2D eigenvalue weighted by Crippen LogP contribution is 2.35. The number of carbonyl (C=O) groups is 4. The summed E-state index contributed by atoms with van der Waals surface area (Å²) in [7, 11) is 1.56. The van der Waals surface area contributed by atoms with Crippen molar-refractivity contribution in [3.63, 3.8) is 0 Å². The molecule has 1 atom stereocenters. The van der Waals surface area contributed by atoms with Crippen LogP contribution in [0.4, 0.5) is 4.79 Å². The van der Waals surface area contributed by atoms with Crippen molar-refractivity contribution < 1.29 is 23.9 Å². The standard InChI is InChI=1S/C20H28N4O5/c1-14(16(26)23(2)19(13-21)8-4-3-5-9-19)29-15(25)12-24-17(27)20(22-18(24)28)10-6-7-11-20/h14H,3-12H2,1-2H3,(H,22,28)/t14-/m1/s1. The summed E-state index contributed by atoms with van der Waals surface area (Å²) in [6, 6.07) is 1.66. The van der Waals surface area contributed by atoms with E-state index in [-0.39, 0.29) is 0 Å². The third-order valence-corrected chi connectivity index (χ3v) is 6.51. The quantitative estimate of drug-likeness (QED) is 0.547. The minimum atomic E-state index is -1.11. The number of amides is 4. The Labute approximate surface area is 170 Å². The van der Waals surface area contributed by atoms with Gasteiger partial charge in [0.1, 0.15) is 17.6 Å². The summed E-state index contributed by atoms with van der Waals surface area (Å²) in [5, 5.41) is 12.3. The summed E-state index contributed by atoms with van der Waals surface area (Å²) in [6.45, 7) is 0.909. The average Bonchev–Trinajstić information content (AvgIpc) is 3.28. The van der Waals surface area contributed by atoms with E-state index in [1.54, 1.807) is 7.05 Å². The van der Waals surface area contributed by atoms with Crippen molar-refractivity contribution in [3.8, 4) is 6.07 Å². The monoisotopic (exact) mass is 404 g/mol. The molecule has 3 aliphatic rings. The molecule has 9 nitrogen and oxygen atoms in total. The van der Waals surface area contributed by atoms with Crippen LogP contribution in [0.1, 0.15) is 64.7 Å². The second-order valence-corrected chi connectivity index (χ2v) is 8.34. The number of hydrogen-bond donors (Lipinski definition) is 1. The average molecular weight is 404 g/mol. The summed E-state index contributed by atoms with van der Waals surface area (Å²) in [5.41, 5.74) is -1.77. The second-order valence-electron chi connectivity index (χ2n) is 8.34. The molecule has 1 heterocycles. The smallest absolute Gasteiger partial charge is 0.327 e. The normalized spacial score (nSPS) is 23.4. The maximum absolute atomic E-state index is 12.7. The molecule has 4 amide bonds. The van der Waals surface area contributed by atoms with Crippen molar-refractivity contribution in [2.45, 2.75) is 81.9 Å². The number of nitrogens with zero attached hydrogens (tertiary/aromatic N) is 3. The van der Waals surface area contributed by atoms with Crippen LogP contribution in [0.25, 0.3) is 0 Å². The van der Waals surface area contributed by atoms with Gasteiger partial charge in [-0.1, -0.05) is 32.1 Å². The Balaban J connectivity index is 1.59. The number of imide groups is 1. The molecule has 1 saturated heterocycles. The molecule has 3 fully saturated rings. The fourth-order valence-electron chi connectivity index (χ4n) is 4.69. The Morgan fingerprint density at radius 1 is 1.17 bits per heavy atom. The zero-order valence-electron chi connectivity index (χ0n) is 17.0. The van der Waals surface area contributed by atoms with Gasteiger partial charge in [-0.2, -0.15) is 5.26 Å². The summed E-state index contributed by atoms with van der Waals surface area (Å²) in [6.07, 6.45) is 5.68. The molecule has 0 aromatic heterocycles. The lowest BCUT2D eigenvalue weighted by Crippen LogP contribution is -2.53. The zero-order chi connectivity index (χ0) is 21.2. The first kappa shape index (κ1) is 21.1. The molecule has 0 bridgehead atoms. The van der Waals surface area contributed by atoms with Crippen molar-refractivity contribution in [3.05, 3.63) is 0 Å². The Bertz CT molecular complexity index is 746. The first-order valence-corrected chi connectivity index (χ1v) is 10.3. The van der Waals surface area contributed by atoms with Crippen LogP contribution in [-0.4, -0.2) is 64.4 Å². The molecule has 0 unspecified atom stereocenters. The van der Waals surface area contributed by atoms with Gasteiger partial charge in [0, 0.05) is 7.05 Å². The molecular formula is C20H28N4O5. The third-order valence-electron chi connectivity index (χ3n) is 6.51. The van der Waals surface area contributed by atoms with Crippen LogP contribution in [0.5, 0.6) is 0 Å². The molecule has 0 radical (unpaired) electrons. The van der Waals surface area contributed by atoms with E-state index in [1.165, 1.54) is 11.8 Å². The van der Waals surface area contributed by atoms with Gasteiger partial charge in [-0.25, -0.2) is 4.79 Å². The Morgan fingerprint density at radius 2 is 1.76 bits per heavy atom. The van der Waals surface area contributed by atoms with Gasteiger partial charge in [-0.3, -0.25) is 19.3 Å². The van der Waals surface area contributed by atoms with Gasteiger partial charge in [-0.05, 0) is 32.6 Å². The molecular weight excluding hydrogens is 376 g/mol. The summed E-state index contributed by atoms with van der Waals surface area (Å²) >= 11 is 0. The Hall–Kier alpha value is -2.63. The molecule has 2 aliphatic carbocycles. The number of nitrogens with one attached hydrogen (secondary N) is 1. The number of ether oxygens (including phenoxy) is 1. The number of rotatable bonds is 5. The van der Waals surface area contributed by atoms with Gasteiger partial charge in [-0.15, -0.1) is 0 Å². The first-order chi connectivity index (χ1) is 13.7. The van der Waals surface area contributed by atoms with Crippen LogP contribution >= 0.6 is 0 Å². The van der Waals surface area contributed by atoms with Crippen LogP contribution in [0.2, 0.25) is 0 Å². The van der Waals surface area contributed by atoms with E-state index in [9.17, 15) is 24.4 Å². The van der Waals surface area contributed by atoms with E-state index in [1.807, 2.05) is 0 Å². The number of likely N-dealkylation sites (N-methyl/N-ethyl adjacent to an activating group) is 1. The van der Waals surface area contributed by atoms with Crippen LogP contribution in [-0.2, 0) is 19.1 Å². The third kappa shape index (κ3) is 3.80. The molecule has 9 heteroatoms. The lowest BCUT2D eigenvalue weighted by atomic mass is 9.81. The minimum absolute atomic E-state index is 0.404. The fourth-order valence-corrected chi connectivity index (χ4v) is 4.69. The maximum atomic E-state index is 12.7. The van der Waals surface area contributed by atoms with Gasteiger partial charge in [0.25, 0.3) is 11.8 Å². The lowest BCUT2D eigenvalue weighted by molar-refractivity contribution is -0.162. The van der Waals surface area contributed by atoms with Crippen LogP contribution in [0.3, 0.4) is 0 Å². The molecule has 1 spiro atoms. The van der Waals surface area contributed by atoms with Gasteiger partial charge in [0.15, 0.2) is 6.10 Å². The van der Waals surface area contributed by atoms with E-state index in [0.717, 1.165) is 37.0 Å². The number of nitriles is 1. The van der Waals surface area contributed by atoms with Crippen LogP contribution < -0.4 is 5.32 Å². The van der Waals surface area contributed by atoms with E-state index in [4.69, 9.17) is 4.74 Å². The SMILES string of the molecule is C[C@@H](OC(=O)CN1C(=O)NC2(CCCC2)C1=O)C(=O)N(C)C1(C#N)CCCCC1. The van der Waals surface area contributed by atoms with Crippen molar-refractivity contribution in [2.75, 3.05) is 13.6 Å². The first-order valence-electron chi connectivity index (χ1n) is 10.3. The molecule has 1 aliphatic heterocycles. The second kappa shape index (κ2) is 8.01.